The fraction of sp³-hybridized carbons (Fsp3) is 0.0172. The molecule has 4 heterocycles. The monoisotopic (exact) mass is 1560 g/mol. The molecule has 0 saturated carbocycles. The number of benzene rings is 19. The van der Waals surface area contributed by atoms with Crippen LogP contribution in [-0.2, 0) is 10.8 Å². The van der Waals surface area contributed by atoms with Gasteiger partial charge >= 0.3 is 0 Å². The zero-order valence-corrected chi connectivity index (χ0v) is 65.3. The van der Waals surface area contributed by atoms with Gasteiger partial charge in [0, 0.05) is 65.2 Å². The Kier molecular flexibility index (Phi) is 11.1. The molecule has 21 aromatic rings. The number of rotatable bonds is 8. The average Bonchev–Trinajstić information content (AvgIpc) is 1.53. The van der Waals surface area contributed by atoms with E-state index in [0.717, 1.165) is 122 Å². The lowest BCUT2D eigenvalue weighted by molar-refractivity contribution is 0.794. The van der Waals surface area contributed by atoms with E-state index in [0.29, 0.717) is 22.0 Å². The van der Waals surface area contributed by atoms with Gasteiger partial charge < -0.3 is 14.0 Å². The van der Waals surface area contributed by atoms with Crippen LogP contribution in [0.1, 0.15) is 66.4 Å². The molecule has 0 amide bonds. The Morgan fingerprint density at radius 2 is 0.587 bits per heavy atom. The third-order valence-corrected chi connectivity index (χ3v) is 27.8. The summed E-state index contributed by atoms with van der Waals surface area (Å²) in [6, 6.07) is 109. The number of nitrogens with zero attached hydrogens (tertiary/aromatic N) is 3. The van der Waals surface area contributed by atoms with Crippen molar-refractivity contribution < 1.29 is 21.9 Å². The summed E-state index contributed by atoms with van der Waals surface area (Å²) in [5.41, 5.74) is 30.9. The van der Waals surface area contributed by atoms with Crippen molar-refractivity contribution in [2.75, 3.05) is 4.90 Å². The third kappa shape index (κ3) is 9.14. The van der Waals surface area contributed by atoms with Crippen LogP contribution in [0, 0.1) is 0 Å². The highest BCUT2D eigenvalue weighted by atomic mass is 32.2. The number of hydrogen-bond acceptors (Lipinski definition) is 2. The quantitative estimate of drug-likeness (QED) is 0.141. The molecule has 558 valence electrons. The van der Waals surface area contributed by atoms with Gasteiger partial charge in [0.1, 0.15) is 0 Å². The molecule has 0 radical (unpaired) electrons. The van der Waals surface area contributed by atoms with Crippen LogP contribution in [0.25, 0.3) is 155 Å². The first-order valence-electron chi connectivity index (χ1n) is 48.9. The molecule has 6 aliphatic rings. The van der Waals surface area contributed by atoms with Gasteiger partial charge in [-0.1, -0.05) is 351 Å². The van der Waals surface area contributed by atoms with Crippen LogP contribution < -0.4 is 21.3 Å². The van der Waals surface area contributed by atoms with E-state index in [1.807, 2.05) is 72.8 Å². The lowest BCUT2D eigenvalue weighted by Gasteiger charge is -2.42. The van der Waals surface area contributed by atoms with Crippen LogP contribution in [0.4, 0.5) is 17.1 Å². The van der Waals surface area contributed by atoms with Crippen molar-refractivity contribution in [2.24, 2.45) is 0 Å². The minimum Gasteiger partial charge on any atom is -0.310 e. The van der Waals surface area contributed by atoms with E-state index in [9.17, 15) is 19.2 Å². The van der Waals surface area contributed by atoms with Gasteiger partial charge in [-0.3, -0.25) is 0 Å². The van der Waals surface area contributed by atoms with Crippen molar-refractivity contribution in [2.45, 2.75) is 20.6 Å². The molecule has 0 atom stereocenters. The van der Waals surface area contributed by atoms with E-state index < -0.39 is 114 Å². The van der Waals surface area contributed by atoms with E-state index in [-0.39, 0.29) is 43.6 Å². The fourth-order valence-electron chi connectivity index (χ4n) is 21.9. The van der Waals surface area contributed by atoms with Crippen LogP contribution in [-0.4, -0.2) is 15.8 Å². The second-order valence-corrected chi connectivity index (χ2v) is 33.4. The number of para-hydroxylation sites is 5. The molecular weight excluding hydrogens is 1480 g/mol. The van der Waals surface area contributed by atoms with Gasteiger partial charge in [-0.05, 0) is 235 Å². The molecule has 2 aliphatic heterocycles. The molecule has 0 unspecified atom stereocenters. The molecule has 19 aromatic carbocycles. The predicted molar refractivity (Wildman–Crippen MR) is 505 cm³/mol. The molecule has 27 rings (SSSR count). The largest absolute Gasteiger partial charge is 0.310 e. The average molecular weight is 1560 g/mol. The molecule has 4 aliphatic carbocycles. The molecule has 2 aromatic heterocycles. The standard InChI is InChI=1S/C116H70BN3S/c1-3-28-71(29-4-1)75-62-76(72-30-5-2-6-31-72)64-77(63-75)78-67-110-113-112(68-78)121-111-70-80(119-107-52-25-15-40-91(107)92-41-16-26-53-108(92)119)57-61-104(111)117(113)103-60-56-79(118-105-50-23-13-38-89(105)90-39-14-24-51-106(90)118)69-109(103)120(110)114-81(73-54-58-101-93(65-73)87-36-11-21-48-99(87)115(101)95-44-17-7-32-83(95)84-33-8-18-45-96(84)115)42-27-43-82(114)74-55-59-102-94(66-74)88-37-12-22-49-100(88)116(102)97-46-19-9-34-85(97)86-35-10-20-47-98(86)116/h1-70H/i13D,14D,15D,16D,23D,24D,25D,26D,38D,39D,40D,41D,50D,51D,52D,53D. The van der Waals surface area contributed by atoms with E-state index in [1.165, 1.54) is 67.4 Å². The van der Waals surface area contributed by atoms with Gasteiger partial charge in [-0.15, -0.1) is 0 Å². The summed E-state index contributed by atoms with van der Waals surface area (Å²) in [5.74, 6) is 0. The SMILES string of the molecule is [2H]c1c([2H])c([2H])c2c(c1[2H])c1c([2H])c([2H])c([2H])c([2H])c1n2-c1ccc2c(c1)Sc1cc(-c3cc(-c4ccccc4)cc(-c4ccccc4)c3)cc3c1B2c1ccc(-n2c4c([2H])c([2H])c([2H])c([2H])c4c4c([2H])c([2H])c([2H])c([2H])c42)cc1N3c1c(-c2ccc3c(c2)-c2ccccc2C32c3ccccc3-c3ccccc32)cccc1-c1ccc2c(c1)-c1ccccc1C21c2ccccc2-c2ccccc21. The maximum Gasteiger partial charge on any atom is 0.249 e. The van der Waals surface area contributed by atoms with Gasteiger partial charge in [0.05, 0.1) is 60.5 Å². The zero-order valence-electron chi connectivity index (χ0n) is 80.5. The van der Waals surface area contributed by atoms with E-state index in [1.54, 1.807) is 9.13 Å². The summed E-state index contributed by atoms with van der Waals surface area (Å²) in [5, 5.41) is -0.269. The van der Waals surface area contributed by atoms with Gasteiger partial charge in [-0.2, -0.15) is 0 Å². The smallest absolute Gasteiger partial charge is 0.249 e. The molecule has 121 heavy (non-hydrogen) atoms. The normalized spacial score (nSPS) is 15.7. The maximum absolute atomic E-state index is 10.1. The Morgan fingerprint density at radius 1 is 0.240 bits per heavy atom. The van der Waals surface area contributed by atoms with Crippen LogP contribution in [0.3, 0.4) is 0 Å². The number of anilines is 3. The lowest BCUT2D eigenvalue weighted by Crippen LogP contribution is -2.60. The van der Waals surface area contributed by atoms with E-state index in [2.05, 4.69) is 260 Å². The Morgan fingerprint density at radius 3 is 1.02 bits per heavy atom. The van der Waals surface area contributed by atoms with Gasteiger partial charge in [0.15, 0.2) is 0 Å². The third-order valence-electron chi connectivity index (χ3n) is 26.7. The van der Waals surface area contributed by atoms with Crippen LogP contribution in [0.2, 0.25) is 0 Å². The first-order valence-corrected chi connectivity index (χ1v) is 41.7. The van der Waals surface area contributed by atoms with Crippen molar-refractivity contribution in [1.29, 1.82) is 0 Å². The minimum atomic E-state index is -0.721. The summed E-state index contributed by atoms with van der Waals surface area (Å²) in [6.45, 7) is -0.721. The van der Waals surface area contributed by atoms with Crippen LogP contribution in [0.5, 0.6) is 0 Å². The fourth-order valence-corrected chi connectivity index (χ4v) is 23.2. The number of fused-ring (bicyclic) bond motifs is 30. The van der Waals surface area contributed by atoms with E-state index in [4.69, 9.17) is 2.74 Å². The van der Waals surface area contributed by atoms with Crippen molar-refractivity contribution in [3.05, 3.63) is 469 Å². The topological polar surface area (TPSA) is 13.1 Å². The van der Waals surface area contributed by atoms with E-state index >= 15 is 0 Å². The predicted octanol–water partition coefficient (Wildman–Crippen LogP) is 27.7. The molecule has 5 heteroatoms. The highest BCUT2D eigenvalue weighted by Crippen LogP contribution is 2.66. The lowest BCUT2D eigenvalue weighted by atomic mass is 9.34. The zero-order chi connectivity index (χ0) is 92.8. The Labute approximate surface area is 728 Å². The van der Waals surface area contributed by atoms with Gasteiger partial charge in [0.2, 0.25) is 6.71 Å². The highest BCUT2D eigenvalue weighted by molar-refractivity contribution is 8.00. The summed E-state index contributed by atoms with van der Waals surface area (Å²) >= 11 is 1.52. The molecule has 0 saturated heterocycles. The number of hydrogen-bond donors (Lipinski definition) is 0. The van der Waals surface area contributed by atoms with Gasteiger partial charge in [-0.25, -0.2) is 0 Å². The Bertz CT molecular complexity index is 8630. The molecule has 2 spiro atoms. The second kappa shape index (κ2) is 25.3. The Balaban J connectivity index is 0.796. The van der Waals surface area contributed by atoms with Crippen molar-refractivity contribution in [3.8, 4) is 112 Å². The Hall–Kier alpha value is -15.0. The summed E-state index contributed by atoms with van der Waals surface area (Å²) < 4.78 is 155. The maximum atomic E-state index is 10.1. The summed E-state index contributed by atoms with van der Waals surface area (Å²) in [7, 11) is 0. The molecule has 0 N–H and O–H groups in total. The first-order chi connectivity index (χ1) is 66.7. The molecule has 3 nitrogen and oxygen atoms in total. The molecule has 0 bridgehead atoms. The van der Waals surface area contributed by atoms with Crippen molar-refractivity contribution in [3.63, 3.8) is 0 Å². The second-order valence-electron chi connectivity index (χ2n) is 32.3. The van der Waals surface area contributed by atoms with Crippen LogP contribution in [0.15, 0.2) is 434 Å². The van der Waals surface area contributed by atoms with Crippen molar-refractivity contribution in [1.82, 2.24) is 9.13 Å². The summed E-state index contributed by atoms with van der Waals surface area (Å²) in [4.78, 5) is 3.91. The van der Waals surface area contributed by atoms with Crippen LogP contribution >= 0.6 is 11.8 Å². The van der Waals surface area contributed by atoms with Crippen molar-refractivity contribution >= 4 is 95.5 Å². The first kappa shape index (κ1) is 53.3. The van der Waals surface area contributed by atoms with Gasteiger partial charge in [0.25, 0.3) is 0 Å². The summed E-state index contributed by atoms with van der Waals surface area (Å²) in [6.07, 6.45) is 0. The highest BCUT2D eigenvalue weighted by Gasteiger charge is 2.54. The molecular formula is C116H70BN3S. The minimum absolute atomic E-state index is 0.0285. The molecule has 0 fully saturated rings. The number of aromatic nitrogens is 2.